The number of anilines is 2. The number of hydrogen-bond donors (Lipinski definition) is 2. The van der Waals surface area contributed by atoms with Crippen LogP contribution in [-0.4, -0.2) is 8.42 Å². The molecule has 0 radical (unpaired) electrons. The van der Waals surface area contributed by atoms with E-state index < -0.39 is 15.8 Å². The fourth-order valence-corrected chi connectivity index (χ4v) is 3.32. The summed E-state index contributed by atoms with van der Waals surface area (Å²) < 4.78 is 40.3. The molecule has 8 heteroatoms. The molecular formula is C13H11Cl2FN2O2S. The summed E-state index contributed by atoms with van der Waals surface area (Å²) in [5.74, 6) is -0.780. The zero-order valence-corrected chi connectivity index (χ0v) is 13.2. The summed E-state index contributed by atoms with van der Waals surface area (Å²) in [7, 11) is -4.06. The molecule has 21 heavy (non-hydrogen) atoms. The zero-order chi connectivity index (χ0) is 15.8. The van der Waals surface area contributed by atoms with Gasteiger partial charge in [-0.1, -0.05) is 29.3 Å². The van der Waals surface area contributed by atoms with Crippen molar-refractivity contribution in [3.8, 4) is 0 Å². The largest absolute Gasteiger partial charge is 0.398 e. The van der Waals surface area contributed by atoms with Gasteiger partial charge in [0.2, 0.25) is 0 Å². The second-order valence-corrected chi connectivity index (χ2v) is 6.82. The van der Waals surface area contributed by atoms with Gasteiger partial charge in [-0.2, -0.15) is 0 Å². The first-order chi connectivity index (χ1) is 9.72. The smallest absolute Gasteiger partial charge is 0.262 e. The zero-order valence-electron chi connectivity index (χ0n) is 10.8. The highest BCUT2D eigenvalue weighted by molar-refractivity contribution is 7.92. The van der Waals surface area contributed by atoms with E-state index in [2.05, 4.69) is 4.72 Å². The summed E-state index contributed by atoms with van der Waals surface area (Å²) in [6.45, 7) is 1.66. The number of benzene rings is 2. The Kier molecular flexibility index (Phi) is 4.32. The molecule has 2 aromatic carbocycles. The Labute approximate surface area is 131 Å². The van der Waals surface area contributed by atoms with Crippen molar-refractivity contribution in [3.63, 3.8) is 0 Å². The van der Waals surface area contributed by atoms with Gasteiger partial charge in [-0.15, -0.1) is 0 Å². The molecular weight excluding hydrogens is 338 g/mol. The molecule has 0 saturated carbocycles. The molecule has 112 valence electrons. The van der Waals surface area contributed by atoms with Crippen molar-refractivity contribution < 1.29 is 12.8 Å². The van der Waals surface area contributed by atoms with Crippen molar-refractivity contribution in [2.24, 2.45) is 0 Å². The molecule has 2 rings (SSSR count). The van der Waals surface area contributed by atoms with Crippen molar-refractivity contribution in [1.29, 1.82) is 0 Å². The number of halogens is 3. The van der Waals surface area contributed by atoms with Gasteiger partial charge >= 0.3 is 0 Å². The minimum absolute atomic E-state index is 0.0512. The van der Waals surface area contributed by atoms with Gasteiger partial charge in [0, 0.05) is 10.7 Å². The molecule has 0 heterocycles. The van der Waals surface area contributed by atoms with Crippen LogP contribution in [0.4, 0.5) is 15.8 Å². The molecule has 0 aromatic heterocycles. The Bertz CT molecular complexity index is 767. The second kappa shape index (κ2) is 5.71. The van der Waals surface area contributed by atoms with Gasteiger partial charge in [0.05, 0.1) is 9.92 Å². The van der Waals surface area contributed by atoms with Gasteiger partial charge in [0.25, 0.3) is 10.0 Å². The van der Waals surface area contributed by atoms with Crippen LogP contribution in [0.2, 0.25) is 10.0 Å². The minimum atomic E-state index is -4.06. The fourth-order valence-electron chi connectivity index (χ4n) is 1.62. The van der Waals surface area contributed by atoms with E-state index >= 15 is 0 Å². The number of nitrogens with two attached hydrogens (primary N) is 1. The second-order valence-electron chi connectivity index (χ2n) is 4.32. The van der Waals surface area contributed by atoms with Crippen LogP contribution in [0.25, 0.3) is 0 Å². The van der Waals surface area contributed by atoms with Crippen LogP contribution in [0, 0.1) is 12.7 Å². The van der Waals surface area contributed by atoms with Crippen LogP contribution in [0.1, 0.15) is 5.56 Å². The van der Waals surface area contributed by atoms with E-state index in [1.807, 2.05) is 0 Å². The Balaban J connectivity index is 2.49. The molecule has 0 bridgehead atoms. The van der Waals surface area contributed by atoms with Crippen molar-refractivity contribution in [2.45, 2.75) is 11.8 Å². The highest BCUT2D eigenvalue weighted by Gasteiger charge is 2.20. The van der Waals surface area contributed by atoms with Gasteiger partial charge in [-0.25, -0.2) is 12.8 Å². The third kappa shape index (κ3) is 3.23. The monoisotopic (exact) mass is 348 g/mol. The molecule has 0 saturated heterocycles. The first kappa shape index (κ1) is 15.9. The summed E-state index contributed by atoms with van der Waals surface area (Å²) in [4.78, 5) is -0.171. The van der Waals surface area contributed by atoms with Crippen molar-refractivity contribution in [3.05, 3.63) is 51.8 Å². The van der Waals surface area contributed by atoms with E-state index in [0.717, 1.165) is 6.07 Å². The van der Waals surface area contributed by atoms with Crippen LogP contribution in [0.5, 0.6) is 0 Å². The third-order valence-corrected chi connectivity index (χ3v) is 4.90. The lowest BCUT2D eigenvalue weighted by Gasteiger charge is -2.12. The lowest BCUT2D eigenvalue weighted by atomic mass is 10.2. The van der Waals surface area contributed by atoms with Crippen molar-refractivity contribution in [2.75, 3.05) is 10.5 Å². The number of para-hydroxylation sites is 1. The SMILES string of the molecule is Cc1c(N)cc(S(=O)(=O)Nc2c(F)cccc2Cl)cc1Cl. The average Bonchev–Trinajstić information content (AvgIpc) is 2.40. The molecule has 2 aromatic rings. The summed E-state index contributed by atoms with van der Waals surface area (Å²) >= 11 is 11.7. The Morgan fingerprint density at radius 3 is 2.43 bits per heavy atom. The molecule has 0 aliphatic heterocycles. The van der Waals surface area contributed by atoms with Gasteiger partial charge in [0.15, 0.2) is 0 Å². The molecule has 3 N–H and O–H groups in total. The minimum Gasteiger partial charge on any atom is -0.398 e. The highest BCUT2D eigenvalue weighted by Crippen LogP contribution is 2.30. The normalized spacial score (nSPS) is 11.4. The molecule has 0 atom stereocenters. The maximum atomic E-state index is 13.7. The highest BCUT2D eigenvalue weighted by atomic mass is 35.5. The van der Waals surface area contributed by atoms with Crippen LogP contribution in [0.15, 0.2) is 35.2 Å². The van der Waals surface area contributed by atoms with Crippen LogP contribution >= 0.6 is 23.2 Å². The van der Waals surface area contributed by atoms with Crippen LogP contribution in [0.3, 0.4) is 0 Å². The average molecular weight is 349 g/mol. The first-order valence-electron chi connectivity index (χ1n) is 5.75. The number of hydrogen-bond acceptors (Lipinski definition) is 3. The van der Waals surface area contributed by atoms with Gasteiger partial charge < -0.3 is 5.73 Å². The maximum absolute atomic E-state index is 13.7. The van der Waals surface area contributed by atoms with Gasteiger partial charge in [-0.05, 0) is 36.8 Å². The van der Waals surface area contributed by atoms with Gasteiger partial charge in [-0.3, -0.25) is 4.72 Å². The van der Waals surface area contributed by atoms with Gasteiger partial charge in [0.1, 0.15) is 11.5 Å². The predicted octanol–water partition coefficient (Wildman–Crippen LogP) is 3.82. The molecule has 0 fully saturated rings. The molecule has 0 aliphatic carbocycles. The standard InChI is InChI=1S/C13H11Cl2FN2O2S/c1-7-10(15)5-8(6-12(7)17)21(19,20)18-13-9(14)3-2-4-11(13)16/h2-6,18H,17H2,1H3. The fraction of sp³-hybridized carbons (Fsp3) is 0.0769. The summed E-state index contributed by atoms with van der Waals surface area (Å²) in [5.41, 5.74) is 6.16. The van der Waals surface area contributed by atoms with Crippen LogP contribution < -0.4 is 10.5 Å². The summed E-state index contributed by atoms with van der Waals surface area (Å²) in [5, 5.41) is 0.153. The molecule has 0 amide bonds. The Hall–Kier alpha value is -1.50. The lowest BCUT2D eigenvalue weighted by molar-refractivity contribution is 0.598. The summed E-state index contributed by atoms with van der Waals surface area (Å²) in [6, 6.07) is 6.33. The van der Waals surface area contributed by atoms with E-state index in [0.29, 0.717) is 5.56 Å². The van der Waals surface area contributed by atoms with Crippen molar-refractivity contribution in [1.82, 2.24) is 0 Å². The number of sulfonamides is 1. The quantitative estimate of drug-likeness (QED) is 0.828. The Morgan fingerprint density at radius 1 is 1.19 bits per heavy atom. The Morgan fingerprint density at radius 2 is 1.86 bits per heavy atom. The topological polar surface area (TPSA) is 72.2 Å². The number of nitrogen functional groups attached to an aromatic ring is 1. The molecule has 0 spiro atoms. The number of rotatable bonds is 3. The van der Waals surface area contributed by atoms with E-state index in [1.54, 1.807) is 6.92 Å². The predicted molar refractivity (Wildman–Crippen MR) is 82.8 cm³/mol. The molecule has 0 aliphatic rings. The van der Waals surface area contributed by atoms with E-state index in [1.165, 1.54) is 24.3 Å². The third-order valence-electron chi connectivity index (χ3n) is 2.87. The first-order valence-corrected chi connectivity index (χ1v) is 7.99. The van der Waals surface area contributed by atoms with Crippen LogP contribution in [-0.2, 0) is 10.0 Å². The van der Waals surface area contributed by atoms with E-state index in [-0.39, 0.29) is 26.3 Å². The molecule has 4 nitrogen and oxygen atoms in total. The molecule has 0 unspecified atom stereocenters. The number of nitrogens with one attached hydrogen (secondary N) is 1. The van der Waals surface area contributed by atoms with E-state index in [9.17, 15) is 12.8 Å². The summed E-state index contributed by atoms with van der Waals surface area (Å²) in [6.07, 6.45) is 0. The van der Waals surface area contributed by atoms with E-state index in [4.69, 9.17) is 28.9 Å². The lowest BCUT2D eigenvalue weighted by Crippen LogP contribution is -2.15. The maximum Gasteiger partial charge on any atom is 0.262 e. The van der Waals surface area contributed by atoms with Crippen molar-refractivity contribution >= 4 is 44.6 Å².